The third-order valence-corrected chi connectivity index (χ3v) is 6.78. The number of carboxylic acids is 1. The standard InChI is InChI=1S/C23H24Cl2O5S/c1-5-12-31(28,29)18-9-10-19(25)15(14-18)6-7-16-13-17(24)8-11-20(16)30-21(22(26)27)23(2,3)4/h8-11,13-14,21H,5,12H2,1-4H3,(H,26,27). The van der Waals surface area contributed by atoms with Crippen molar-refractivity contribution in [3.8, 4) is 17.6 Å². The highest BCUT2D eigenvalue weighted by Crippen LogP contribution is 2.29. The molecule has 0 fully saturated rings. The van der Waals surface area contributed by atoms with Gasteiger partial charge in [0.05, 0.1) is 21.2 Å². The molecule has 0 aliphatic heterocycles. The first-order chi connectivity index (χ1) is 14.3. The lowest BCUT2D eigenvalue weighted by Gasteiger charge is -2.28. The fraction of sp³-hybridized carbons (Fsp3) is 0.348. The van der Waals surface area contributed by atoms with Crippen LogP contribution in [0.3, 0.4) is 0 Å². The molecule has 0 heterocycles. The highest BCUT2D eigenvalue weighted by atomic mass is 35.5. The molecule has 1 N–H and O–H groups in total. The molecule has 0 saturated heterocycles. The van der Waals surface area contributed by atoms with E-state index in [2.05, 4.69) is 11.8 Å². The SMILES string of the molecule is CCCS(=O)(=O)c1ccc(Cl)c(C#Cc2cc(Cl)ccc2OC(C(=O)O)C(C)(C)C)c1. The van der Waals surface area contributed by atoms with E-state index in [0.29, 0.717) is 27.6 Å². The average molecular weight is 483 g/mol. The van der Waals surface area contributed by atoms with Crippen molar-refractivity contribution >= 4 is 39.0 Å². The summed E-state index contributed by atoms with van der Waals surface area (Å²) >= 11 is 12.3. The molecular formula is C23H24Cl2O5S. The number of sulfone groups is 1. The van der Waals surface area contributed by atoms with Crippen molar-refractivity contribution < 1.29 is 23.1 Å². The first-order valence-corrected chi connectivity index (χ1v) is 12.0. The molecule has 5 nitrogen and oxygen atoms in total. The van der Waals surface area contributed by atoms with E-state index < -0.39 is 27.3 Å². The van der Waals surface area contributed by atoms with Gasteiger partial charge in [-0.25, -0.2) is 13.2 Å². The van der Waals surface area contributed by atoms with Crippen molar-refractivity contribution in [1.29, 1.82) is 0 Å². The molecular weight excluding hydrogens is 459 g/mol. The molecule has 1 unspecified atom stereocenters. The summed E-state index contributed by atoms with van der Waals surface area (Å²) in [6.45, 7) is 7.07. The Bertz CT molecular complexity index is 1140. The maximum atomic E-state index is 12.4. The van der Waals surface area contributed by atoms with Gasteiger partial charge in [-0.3, -0.25) is 0 Å². The summed E-state index contributed by atoms with van der Waals surface area (Å²) in [6, 6.07) is 9.06. The second-order valence-electron chi connectivity index (χ2n) is 8.05. The van der Waals surface area contributed by atoms with Crippen LogP contribution in [0.25, 0.3) is 0 Å². The van der Waals surface area contributed by atoms with Gasteiger partial charge in [0.25, 0.3) is 0 Å². The lowest BCUT2D eigenvalue weighted by Crippen LogP contribution is -2.39. The van der Waals surface area contributed by atoms with Crippen LogP contribution in [-0.4, -0.2) is 31.4 Å². The lowest BCUT2D eigenvalue weighted by molar-refractivity contribution is -0.150. The molecule has 0 bridgehead atoms. The van der Waals surface area contributed by atoms with Gasteiger partial charge in [0.2, 0.25) is 0 Å². The van der Waals surface area contributed by atoms with Crippen LogP contribution in [0.2, 0.25) is 10.0 Å². The zero-order chi connectivity index (χ0) is 23.4. The molecule has 0 radical (unpaired) electrons. The molecule has 0 saturated carbocycles. The quantitative estimate of drug-likeness (QED) is 0.553. The zero-order valence-electron chi connectivity index (χ0n) is 17.7. The Labute approximate surface area is 193 Å². The van der Waals surface area contributed by atoms with Crippen LogP contribution in [-0.2, 0) is 14.6 Å². The normalized spacial score (nSPS) is 12.6. The van der Waals surface area contributed by atoms with E-state index in [0.717, 1.165) is 0 Å². The Morgan fingerprint density at radius 2 is 1.74 bits per heavy atom. The number of hydrogen-bond donors (Lipinski definition) is 1. The molecule has 31 heavy (non-hydrogen) atoms. The van der Waals surface area contributed by atoms with E-state index >= 15 is 0 Å². The van der Waals surface area contributed by atoms with Gasteiger partial charge in [0, 0.05) is 16.0 Å². The third kappa shape index (κ3) is 6.64. The number of halogens is 2. The largest absolute Gasteiger partial charge is 0.478 e. The van der Waals surface area contributed by atoms with Crippen molar-refractivity contribution in [1.82, 2.24) is 0 Å². The minimum atomic E-state index is -3.43. The monoisotopic (exact) mass is 482 g/mol. The van der Waals surface area contributed by atoms with Crippen LogP contribution in [0.1, 0.15) is 45.2 Å². The van der Waals surface area contributed by atoms with Gasteiger partial charge in [-0.2, -0.15) is 0 Å². The van der Waals surface area contributed by atoms with Crippen molar-refractivity contribution in [2.75, 3.05) is 5.75 Å². The number of rotatable bonds is 6. The number of ether oxygens (including phenoxy) is 1. The Balaban J connectivity index is 2.50. The summed E-state index contributed by atoms with van der Waals surface area (Å²) in [6.07, 6.45) is -0.617. The van der Waals surface area contributed by atoms with Crippen LogP contribution >= 0.6 is 23.2 Å². The Morgan fingerprint density at radius 1 is 1.10 bits per heavy atom. The van der Waals surface area contributed by atoms with Gasteiger partial charge in [0.1, 0.15) is 5.75 Å². The number of hydrogen-bond acceptors (Lipinski definition) is 4. The maximum Gasteiger partial charge on any atom is 0.345 e. The minimum Gasteiger partial charge on any atom is -0.478 e. The molecule has 0 aliphatic rings. The summed E-state index contributed by atoms with van der Waals surface area (Å²) < 4.78 is 30.5. The molecule has 2 aromatic carbocycles. The molecule has 0 amide bonds. The second kappa shape index (κ2) is 9.95. The second-order valence-corrected chi connectivity index (χ2v) is 11.0. The van der Waals surface area contributed by atoms with E-state index in [-0.39, 0.29) is 16.4 Å². The van der Waals surface area contributed by atoms with Crippen LogP contribution in [0.5, 0.6) is 5.75 Å². The zero-order valence-corrected chi connectivity index (χ0v) is 20.0. The van der Waals surface area contributed by atoms with E-state index in [9.17, 15) is 18.3 Å². The van der Waals surface area contributed by atoms with Crippen molar-refractivity contribution in [2.45, 2.75) is 45.1 Å². The van der Waals surface area contributed by atoms with Gasteiger partial charge in [-0.1, -0.05) is 62.7 Å². The van der Waals surface area contributed by atoms with Gasteiger partial charge in [-0.15, -0.1) is 0 Å². The first-order valence-electron chi connectivity index (χ1n) is 9.58. The average Bonchev–Trinajstić information content (AvgIpc) is 2.65. The van der Waals surface area contributed by atoms with E-state index in [4.69, 9.17) is 27.9 Å². The van der Waals surface area contributed by atoms with Gasteiger partial charge < -0.3 is 9.84 Å². The summed E-state index contributed by atoms with van der Waals surface area (Å²) in [4.78, 5) is 11.8. The fourth-order valence-electron chi connectivity index (χ4n) is 2.74. The van der Waals surface area contributed by atoms with Crippen LogP contribution in [0, 0.1) is 17.3 Å². The van der Waals surface area contributed by atoms with Crippen LogP contribution in [0.4, 0.5) is 0 Å². The highest BCUT2D eigenvalue weighted by Gasteiger charge is 2.33. The molecule has 0 aliphatic carbocycles. The number of benzene rings is 2. The van der Waals surface area contributed by atoms with Crippen molar-refractivity contribution in [3.63, 3.8) is 0 Å². The van der Waals surface area contributed by atoms with Gasteiger partial charge in [-0.05, 0) is 42.8 Å². The maximum absolute atomic E-state index is 12.4. The molecule has 8 heteroatoms. The summed E-state index contributed by atoms with van der Waals surface area (Å²) in [5.41, 5.74) is 0.0257. The number of carboxylic acid groups (broad SMARTS) is 1. The number of aliphatic carboxylic acids is 1. The molecule has 2 aromatic rings. The minimum absolute atomic E-state index is 0.0250. The molecule has 0 spiro atoms. The van der Waals surface area contributed by atoms with Gasteiger partial charge >= 0.3 is 5.97 Å². The third-order valence-electron chi connectivity index (χ3n) is 4.30. The van der Waals surface area contributed by atoms with Crippen LogP contribution < -0.4 is 4.74 Å². The summed E-state index contributed by atoms with van der Waals surface area (Å²) in [5, 5.41) is 10.2. The molecule has 0 aromatic heterocycles. The van der Waals surface area contributed by atoms with E-state index in [1.54, 1.807) is 45.9 Å². The first kappa shape index (κ1) is 25.1. The smallest absolute Gasteiger partial charge is 0.345 e. The van der Waals surface area contributed by atoms with Crippen molar-refractivity contribution in [2.24, 2.45) is 5.41 Å². The Kier molecular flexibility index (Phi) is 8.04. The molecule has 2 rings (SSSR count). The molecule has 1 atom stereocenters. The van der Waals surface area contributed by atoms with E-state index in [1.807, 2.05) is 0 Å². The Hall–Kier alpha value is -2.20. The summed E-state index contributed by atoms with van der Waals surface area (Å²) in [5.74, 6) is 4.93. The Morgan fingerprint density at radius 3 is 2.32 bits per heavy atom. The lowest BCUT2D eigenvalue weighted by atomic mass is 9.89. The van der Waals surface area contributed by atoms with Crippen molar-refractivity contribution in [3.05, 3.63) is 57.6 Å². The van der Waals surface area contributed by atoms with Gasteiger partial charge in [0.15, 0.2) is 15.9 Å². The van der Waals surface area contributed by atoms with Crippen LogP contribution in [0.15, 0.2) is 41.3 Å². The fourth-order valence-corrected chi connectivity index (χ4v) is 4.42. The topological polar surface area (TPSA) is 80.7 Å². The van der Waals surface area contributed by atoms with E-state index in [1.165, 1.54) is 18.2 Å². The summed E-state index contributed by atoms with van der Waals surface area (Å²) in [7, 11) is -3.43. The molecule has 166 valence electrons. The predicted octanol–water partition coefficient (Wildman–Crippen LogP) is 5.46. The number of carbonyl (C=O) groups is 1. The predicted molar refractivity (Wildman–Crippen MR) is 123 cm³/mol. The highest BCUT2D eigenvalue weighted by molar-refractivity contribution is 7.91.